The molecule has 0 amide bonds. The van der Waals surface area contributed by atoms with Crippen molar-refractivity contribution in [2.45, 2.75) is 0 Å². The molecule has 1 heterocycles. The number of phosphoric ester groups is 1. The minimum absolute atomic E-state index is 0.250. The number of hydrogen-bond donors (Lipinski definition) is 0. The summed E-state index contributed by atoms with van der Waals surface area (Å²) in [7, 11) is 2.17. The van der Waals surface area contributed by atoms with Gasteiger partial charge in [0.2, 0.25) is 6.33 Å². The third kappa shape index (κ3) is 14.8. The molecule has 0 aliphatic rings. The predicted molar refractivity (Wildman–Crippen MR) is 66.1 cm³/mol. The Bertz CT molecular complexity index is 315. The van der Waals surface area contributed by atoms with E-state index in [2.05, 4.69) is 36.3 Å². The van der Waals surface area contributed by atoms with E-state index in [1.807, 2.05) is 42.0 Å². The maximum atomic E-state index is 9.95. The first-order valence-corrected chi connectivity index (χ1v) is 19.7. The van der Waals surface area contributed by atoms with Crippen molar-refractivity contribution >= 4 is 35.1 Å². The number of rotatable bonds is 2. The average molecular weight is 447 g/mol. The monoisotopic (exact) mass is 444 g/mol. The van der Waals surface area contributed by atoms with Gasteiger partial charge >= 0.3 is 40.5 Å². The normalized spacial score (nSPS) is 9.35. The molecule has 0 aliphatic heterocycles. The van der Waals surface area contributed by atoms with Crippen LogP contribution in [0.4, 0.5) is 0 Å². The van der Waals surface area contributed by atoms with Crippen LogP contribution in [0.3, 0.4) is 0 Å². The summed E-state index contributed by atoms with van der Waals surface area (Å²) >= 11 is 6.25. The van der Waals surface area contributed by atoms with Crippen molar-refractivity contribution in [3.8, 4) is 0 Å². The molecule has 1 aromatic rings. The summed E-state index contributed by atoms with van der Waals surface area (Å²) in [6.45, 7) is 0. The second-order valence-corrected chi connectivity index (χ2v) is 18.4. The van der Waals surface area contributed by atoms with Crippen LogP contribution < -0.4 is 9.46 Å². The van der Waals surface area contributed by atoms with Gasteiger partial charge < -0.3 is 13.9 Å². The molecule has 10 heteroatoms. The van der Waals surface area contributed by atoms with Gasteiger partial charge in [-0.3, -0.25) is 4.57 Å². The topological polar surface area (TPSA) is 67.4 Å². The molecular formula is C7H15Br2N2O4PZn. The molecule has 0 N–H and O–H groups in total. The fraction of sp³-hybridized carbons (Fsp3) is 0.571. The van der Waals surface area contributed by atoms with Crippen LogP contribution in [0.25, 0.3) is 0 Å². The molecule has 0 fully saturated rings. The summed E-state index contributed by atoms with van der Waals surface area (Å²) in [5.74, 6) is 0. The number of halogens is 2. The molecule has 98 valence electrons. The Hall–Kier alpha value is 0.903. The summed E-state index contributed by atoms with van der Waals surface area (Å²) in [5, 5.41) is 0. The van der Waals surface area contributed by atoms with Gasteiger partial charge in [0, 0.05) is 14.2 Å². The van der Waals surface area contributed by atoms with Crippen LogP contribution in [-0.2, 0) is 40.9 Å². The summed E-state index contributed by atoms with van der Waals surface area (Å²) < 4.78 is 21.7. The quantitative estimate of drug-likeness (QED) is 0.389. The van der Waals surface area contributed by atoms with Crippen LogP contribution in [0.15, 0.2) is 18.7 Å². The third-order valence-electron chi connectivity index (χ3n) is 1.35. The molecule has 0 saturated heterocycles. The minimum atomic E-state index is -3.90. The Morgan fingerprint density at radius 2 is 1.82 bits per heavy atom. The van der Waals surface area contributed by atoms with E-state index in [0.717, 1.165) is 14.2 Å². The zero-order valence-corrected chi connectivity index (χ0v) is 17.2. The van der Waals surface area contributed by atoms with Crippen LogP contribution in [-0.4, -0.2) is 18.8 Å². The van der Waals surface area contributed by atoms with Crippen molar-refractivity contribution in [1.82, 2.24) is 4.57 Å². The molecule has 0 spiro atoms. The van der Waals surface area contributed by atoms with Gasteiger partial charge in [-0.05, 0) is 0 Å². The summed E-state index contributed by atoms with van der Waals surface area (Å²) in [6, 6.07) is 0. The van der Waals surface area contributed by atoms with E-state index < -0.39 is 7.82 Å². The van der Waals surface area contributed by atoms with Gasteiger partial charge in [0.1, 0.15) is 12.4 Å². The predicted octanol–water partition coefficient (Wildman–Crippen LogP) is 1.29. The molecule has 0 saturated carbocycles. The van der Waals surface area contributed by atoms with Crippen LogP contribution >= 0.6 is 35.1 Å². The molecule has 0 aromatic carbocycles. The van der Waals surface area contributed by atoms with Crippen molar-refractivity contribution in [2.24, 2.45) is 14.1 Å². The summed E-state index contributed by atoms with van der Waals surface area (Å²) in [6.07, 6.45) is 6.00. The van der Waals surface area contributed by atoms with E-state index in [-0.39, 0.29) is 13.2 Å². The van der Waals surface area contributed by atoms with E-state index in [9.17, 15) is 9.46 Å². The fourth-order valence-corrected chi connectivity index (χ4v) is 0.798. The van der Waals surface area contributed by atoms with Crippen molar-refractivity contribution in [3.05, 3.63) is 18.7 Å². The van der Waals surface area contributed by atoms with Gasteiger partial charge in [-0.15, -0.1) is 0 Å². The molecule has 17 heavy (non-hydrogen) atoms. The zero-order valence-electron chi connectivity index (χ0n) is 10.2. The number of aromatic nitrogens is 2. The van der Waals surface area contributed by atoms with Gasteiger partial charge in [-0.25, -0.2) is 9.13 Å². The zero-order chi connectivity index (χ0) is 13.9. The Labute approximate surface area is 122 Å². The van der Waals surface area contributed by atoms with Gasteiger partial charge in [-0.2, -0.15) is 0 Å². The number of aryl methyl sites for hydroxylation is 2. The van der Waals surface area contributed by atoms with Crippen molar-refractivity contribution in [2.75, 3.05) is 14.2 Å². The molecule has 1 rings (SSSR count). The third-order valence-corrected chi connectivity index (χ3v) is 2.24. The van der Waals surface area contributed by atoms with E-state index in [1.54, 1.807) is 0 Å². The second-order valence-electron chi connectivity index (χ2n) is 2.66. The molecule has 0 atom stereocenters. The van der Waals surface area contributed by atoms with Gasteiger partial charge in [-0.1, -0.05) is 0 Å². The van der Waals surface area contributed by atoms with Crippen molar-refractivity contribution < 1.29 is 36.3 Å². The van der Waals surface area contributed by atoms with Crippen LogP contribution in [0.5, 0.6) is 0 Å². The van der Waals surface area contributed by atoms with Crippen molar-refractivity contribution in [3.63, 3.8) is 0 Å². The molecular weight excluding hydrogens is 432 g/mol. The van der Waals surface area contributed by atoms with Crippen molar-refractivity contribution in [1.29, 1.82) is 0 Å². The van der Waals surface area contributed by atoms with E-state index in [0.29, 0.717) is 0 Å². The Kier molecular flexibility index (Phi) is 14.2. The standard InChI is InChI=1S/C5H9N2.C2H7O4P.2BrH.Zn/c1-6-3-4-7(2)5-6;1-5-7(3,4)6-2;;;/h3-5H,1-2H3;1-2H3,(H,3,4);2*1H;/q+1;;;;+2/p-3. The van der Waals surface area contributed by atoms with E-state index in [4.69, 9.17) is 0 Å². The molecule has 0 radical (unpaired) electrons. The van der Waals surface area contributed by atoms with Gasteiger partial charge in [0.05, 0.1) is 14.1 Å². The maximum absolute atomic E-state index is 9.95. The molecule has 0 bridgehead atoms. The number of phosphoric acid groups is 1. The van der Waals surface area contributed by atoms with E-state index in [1.165, 1.54) is 0 Å². The SMILES string of the molecule is COP(=O)([O-])OC.Cn1cc[n+](C)c1.[Br][Zn][Br]. The Morgan fingerprint density at radius 1 is 1.41 bits per heavy atom. The van der Waals surface area contributed by atoms with Gasteiger partial charge in [0.15, 0.2) is 0 Å². The summed E-state index contributed by atoms with van der Waals surface area (Å²) in [5.41, 5.74) is 0. The molecule has 0 unspecified atom stereocenters. The average Bonchev–Trinajstić information content (AvgIpc) is 2.65. The Balaban J connectivity index is 0. The first-order valence-electron chi connectivity index (χ1n) is 4.34. The number of hydrogen-bond acceptors (Lipinski definition) is 4. The number of nitrogens with zero attached hydrogens (tertiary/aromatic N) is 2. The van der Waals surface area contributed by atoms with Crippen LogP contribution in [0, 0.1) is 0 Å². The fourth-order valence-electron chi connectivity index (χ4n) is 0.649. The van der Waals surface area contributed by atoms with Crippen LogP contribution in [0.2, 0.25) is 0 Å². The molecule has 1 aromatic heterocycles. The van der Waals surface area contributed by atoms with Gasteiger partial charge in [0.25, 0.3) is 7.82 Å². The summed E-state index contributed by atoms with van der Waals surface area (Å²) in [4.78, 5) is 9.95. The number of imidazole rings is 1. The second kappa shape index (κ2) is 12.0. The molecule has 6 nitrogen and oxygen atoms in total. The van der Waals surface area contributed by atoms with Crippen LogP contribution in [0.1, 0.15) is 0 Å². The van der Waals surface area contributed by atoms with E-state index >= 15 is 0 Å². The first kappa shape index (κ1) is 20.2. The Morgan fingerprint density at radius 3 is 1.88 bits per heavy atom. The first-order chi connectivity index (χ1) is 7.82. The molecule has 0 aliphatic carbocycles.